The van der Waals surface area contributed by atoms with E-state index in [-0.39, 0.29) is 16.8 Å². The SMILES string of the molecule is C=C(O)C(C)n1cc2nc(NCc3ccc(Cl)c(Cl)c3)[nH]c(=O)c2n1. The number of aromatic nitrogens is 4. The Bertz CT molecular complexity index is 1010. The van der Waals surface area contributed by atoms with Crippen LogP contribution >= 0.6 is 23.2 Å². The van der Waals surface area contributed by atoms with Crippen molar-refractivity contribution in [3.63, 3.8) is 0 Å². The van der Waals surface area contributed by atoms with Crippen molar-refractivity contribution in [2.75, 3.05) is 5.32 Å². The van der Waals surface area contributed by atoms with Crippen molar-refractivity contribution < 1.29 is 5.11 Å². The maximum atomic E-state index is 12.2. The van der Waals surface area contributed by atoms with E-state index >= 15 is 0 Å². The summed E-state index contributed by atoms with van der Waals surface area (Å²) in [6, 6.07) is 4.80. The van der Waals surface area contributed by atoms with Gasteiger partial charge in [0.25, 0.3) is 5.56 Å². The van der Waals surface area contributed by atoms with Crippen molar-refractivity contribution in [3.05, 3.63) is 62.7 Å². The Morgan fingerprint density at radius 2 is 2.20 bits per heavy atom. The van der Waals surface area contributed by atoms with E-state index in [4.69, 9.17) is 23.2 Å². The van der Waals surface area contributed by atoms with Crippen molar-refractivity contribution in [2.24, 2.45) is 0 Å². The molecule has 1 atom stereocenters. The number of anilines is 1. The van der Waals surface area contributed by atoms with Gasteiger partial charge in [-0.3, -0.25) is 14.5 Å². The molecule has 3 N–H and O–H groups in total. The largest absolute Gasteiger partial charge is 0.511 e. The van der Waals surface area contributed by atoms with Gasteiger partial charge in [0.1, 0.15) is 17.3 Å². The molecule has 25 heavy (non-hydrogen) atoms. The fourth-order valence-corrected chi connectivity index (χ4v) is 2.53. The van der Waals surface area contributed by atoms with Crippen LogP contribution in [0.4, 0.5) is 5.95 Å². The van der Waals surface area contributed by atoms with Gasteiger partial charge in [0, 0.05) is 6.54 Å². The van der Waals surface area contributed by atoms with E-state index in [0.717, 1.165) is 5.56 Å². The van der Waals surface area contributed by atoms with Crippen LogP contribution in [0.25, 0.3) is 11.0 Å². The fraction of sp³-hybridized carbons (Fsp3) is 0.188. The van der Waals surface area contributed by atoms with Crippen LogP contribution in [0.2, 0.25) is 10.0 Å². The fourth-order valence-electron chi connectivity index (χ4n) is 2.21. The van der Waals surface area contributed by atoms with E-state index < -0.39 is 6.04 Å². The summed E-state index contributed by atoms with van der Waals surface area (Å²) in [5.41, 5.74) is 1.11. The summed E-state index contributed by atoms with van der Waals surface area (Å²) < 4.78 is 1.44. The van der Waals surface area contributed by atoms with Crippen LogP contribution in [0.15, 0.2) is 41.5 Å². The summed E-state index contributed by atoms with van der Waals surface area (Å²) in [7, 11) is 0. The highest BCUT2D eigenvalue weighted by Crippen LogP contribution is 2.23. The van der Waals surface area contributed by atoms with E-state index in [1.54, 1.807) is 25.3 Å². The number of halogens is 2. The lowest BCUT2D eigenvalue weighted by Crippen LogP contribution is -2.13. The molecule has 130 valence electrons. The molecule has 9 heteroatoms. The van der Waals surface area contributed by atoms with Crippen molar-refractivity contribution in [1.82, 2.24) is 19.7 Å². The molecular weight excluding hydrogens is 365 g/mol. The molecule has 1 aromatic carbocycles. The molecular formula is C16H15Cl2N5O2. The highest BCUT2D eigenvalue weighted by atomic mass is 35.5. The summed E-state index contributed by atoms with van der Waals surface area (Å²) >= 11 is 11.9. The number of rotatable bonds is 5. The number of fused-ring (bicyclic) bond motifs is 1. The van der Waals surface area contributed by atoms with Crippen LogP contribution in [0.1, 0.15) is 18.5 Å². The van der Waals surface area contributed by atoms with Crippen molar-refractivity contribution in [1.29, 1.82) is 0 Å². The molecule has 0 amide bonds. The summed E-state index contributed by atoms with van der Waals surface area (Å²) in [5, 5.41) is 17.6. The average Bonchev–Trinajstić information content (AvgIpc) is 2.99. The number of nitrogens with zero attached hydrogens (tertiary/aromatic N) is 3. The summed E-state index contributed by atoms with van der Waals surface area (Å²) in [6.45, 7) is 5.59. The van der Waals surface area contributed by atoms with Gasteiger partial charge in [-0.15, -0.1) is 0 Å². The number of hydrogen-bond acceptors (Lipinski definition) is 5. The van der Waals surface area contributed by atoms with E-state index in [2.05, 4.69) is 27.0 Å². The Labute approximate surface area is 152 Å². The maximum Gasteiger partial charge on any atom is 0.280 e. The lowest BCUT2D eigenvalue weighted by Gasteiger charge is -2.08. The van der Waals surface area contributed by atoms with Gasteiger partial charge >= 0.3 is 0 Å². The summed E-state index contributed by atoms with van der Waals surface area (Å²) in [4.78, 5) is 19.1. The average molecular weight is 380 g/mol. The van der Waals surface area contributed by atoms with E-state index in [0.29, 0.717) is 28.1 Å². The van der Waals surface area contributed by atoms with Crippen molar-refractivity contribution in [3.8, 4) is 0 Å². The molecule has 2 heterocycles. The van der Waals surface area contributed by atoms with Gasteiger partial charge in [0.2, 0.25) is 5.95 Å². The molecule has 1 unspecified atom stereocenters. The minimum atomic E-state index is -0.457. The van der Waals surface area contributed by atoms with Gasteiger partial charge in [-0.05, 0) is 24.6 Å². The zero-order chi connectivity index (χ0) is 18.1. The van der Waals surface area contributed by atoms with E-state index in [1.165, 1.54) is 4.68 Å². The third-order valence-electron chi connectivity index (χ3n) is 3.71. The molecule has 0 saturated carbocycles. The van der Waals surface area contributed by atoms with Crippen LogP contribution < -0.4 is 10.9 Å². The standard InChI is InChI=1S/C16H15Cl2N5O2/c1-8(9(2)24)23-7-13-14(22-23)15(25)21-16(20-13)19-6-10-3-4-11(17)12(18)5-10/h3-5,7-8,24H,2,6H2,1H3,(H2,19,20,21,25). The number of H-pyrrole nitrogens is 1. The molecule has 0 fully saturated rings. The smallest absolute Gasteiger partial charge is 0.280 e. The minimum absolute atomic E-state index is 0.0535. The molecule has 0 aliphatic heterocycles. The number of nitrogens with one attached hydrogen (secondary N) is 2. The Balaban J connectivity index is 1.86. The minimum Gasteiger partial charge on any atom is -0.511 e. The number of allylic oxidation sites excluding steroid dienone is 1. The van der Waals surface area contributed by atoms with Crippen LogP contribution in [-0.2, 0) is 6.54 Å². The van der Waals surface area contributed by atoms with Crippen LogP contribution in [0, 0.1) is 0 Å². The third kappa shape index (κ3) is 3.62. The monoisotopic (exact) mass is 379 g/mol. The number of aromatic amines is 1. The molecule has 0 aliphatic carbocycles. The van der Waals surface area contributed by atoms with Gasteiger partial charge in [-0.2, -0.15) is 5.10 Å². The van der Waals surface area contributed by atoms with Gasteiger partial charge < -0.3 is 10.4 Å². The van der Waals surface area contributed by atoms with Gasteiger partial charge in [0.15, 0.2) is 5.52 Å². The highest BCUT2D eigenvalue weighted by Gasteiger charge is 2.14. The molecule has 3 rings (SSSR count). The molecule has 0 radical (unpaired) electrons. The van der Waals surface area contributed by atoms with Crippen molar-refractivity contribution in [2.45, 2.75) is 19.5 Å². The summed E-state index contributed by atoms with van der Waals surface area (Å²) in [5.74, 6) is 0.251. The number of benzene rings is 1. The first kappa shape index (κ1) is 17.3. The molecule has 0 aliphatic rings. The maximum absolute atomic E-state index is 12.2. The van der Waals surface area contributed by atoms with Crippen LogP contribution in [0.3, 0.4) is 0 Å². The van der Waals surface area contributed by atoms with Gasteiger partial charge in [0.05, 0.1) is 16.2 Å². The lowest BCUT2D eigenvalue weighted by atomic mass is 10.2. The van der Waals surface area contributed by atoms with Gasteiger partial charge in [-0.1, -0.05) is 35.8 Å². The van der Waals surface area contributed by atoms with Crippen LogP contribution in [0.5, 0.6) is 0 Å². The second-order valence-corrected chi connectivity index (χ2v) is 6.34. The molecule has 3 aromatic rings. The number of aliphatic hydroxyl groups excluding tert-OH is 1. The first-order chi connectivity index (χ1) is 11.8. The second-order valence-electron chi connectivity index (χ2n) is 5.53. The number of hydrogen-bond donors (Lipinski definition) is 3. The zero-order valence-electron chi connectivity index (χ0n) is 13.3. The van der Waals surface area contributed by atoms with E-state index in [9.17, 15) is 9.90 Å². The predicted octanol–water partition coefficient (Wildman–Crippen LogP) is 3.67. The quantitative estimate of drug-likeness (QED) is 0.587. The van der Waals surface area contributed by atoms with Gasteiger partial charge in [-0.25, -0.2) is 4.98 Å². The normalized spacial score (nSPS) is 12.3. The predicted molar refractivity (Wildman–Crippen MR) is 98.4 cm³/mol. The Morgan fingerprint density at radius 1 is 1.44 bits per heavy atom. The third-order valence-corrected chi connectivity index (χ3v) is 4.45. The molecule has 0 bridgehead atoms. The number of aliphatic hydroxyl groups is 1. The second kappa shape index (κ2) is 6.78. The van der Waals surface area contributed by atoms with E-state index in [1.807, 2.05) is 6.07 Å². The van der Waals surface area contributed by atoms with Crippen molar-refractivity contribution >= 4 is 40.2 Å². The Kier molecular flexibility index (Phi) is 4.69. The zero-order valence-corrected chi connectivity index (χ0v) is 14.8. The molecule has 2 aromatic heterocycles. The molecule has 0 spiro atoms. The first-order valence-corrected chi connectivity index (χ1v) is 8.15. The Morgan fingerprint density at radius 3 is 2.88 bits per heavy atom. The summed E-state index contributed by atoms with van der Waals surface area (Å²) in [6.07, 6.45) is 1.58. The lowest BCUT2D eigenvalue weighted by molar-refractivity contribution is 0.330. The molecule has 0 saturated heterocycles. The highest BCUT2D eigenvalue weighted by molar-refractivity contribution is 6.42. The topological polar surface area (TPSA) is 95.8 Å². The Hall–Kier alpha value is -2.51. The molecule has 7 nitrogen and oxygen atoms in total. The first-order valence-electron chi connectivity index (χ1n) is 7.40. The van der Waals surface area contributed by atoms with Crippen LogP contribution in [-0.4, -0.2) is 24.9 Å².